The molecule has 0 aliphatic carbocycles. The highest BCUT2D eigenvalue weighted by atomic mass is 32.2. The summed E-state index contributed by atoms with van der Waals surface area (Å²) in [5.41, 5.74) is 4.63. The lowest BCUT2D eigenvalue weighted by Gasteiger charge is -2.19. The molecule has 0 saturated heterocycles. The Balaban J connectivity index is 4.36. The number of sulfonamides is 1. The predicted molar refractivity (Wildman–Crippen MR) is 53.5 cm³/mol. The lowest BCUT2D eigenvalue weighted by atomic mass is 10.1. The minimum absolute atomic E-state index is 0.0215. The van der Waals surface area contributed by atoms with Gasteiger partial charge in [0.2, 0.25) is 10.0 Å². The Morgan fingerprint density at radius 1 is 1.50 bits per heavy atom. The number of rotatable bonds is 3. The van der Waals surface area contributed by atoms with Crippen molar-refractivity contribution in [3.63, 3.8) is 0 Å². The molecule has 4 nitrogen and oxygen atoms in total. The first-order valence-electron chi connectivity index (χ1n) is 3.42. The number of hydrogen-bond acceptors (Lipinski definition) is 3. The highest BCUT2D eigenvalue weighted by molar-refractivity contribution is 7.92. The molecular weight excluding hydrogens is 196 g/mol. The summed E-state index contributed by atoms with van der Waals surface area (Å²) >= 11 is 4.49. The zero-order chi connectivity index (χ0) is 9.99. The van der Waals surface area contributed by atoms with Crippen molar-refractivity contribution < 1.29 is 8.42 Å². The van der Waals surface area contributed by atoms with Crippen molar-refractivity contribution in [3.8, 4) is 0 Å². The summed E-state index contributed by atoms with van der Waals surface area (Å²) in [5, 5.41) is 0. The zero-order valence-electron chi connectivity index (χ0n) is 7.42. The van der Waals surface area contributed by atoms with Gasteiger partial charge in [0.25, 0.3) is 0 Å². The van der Waals surface area contributed by atoms with Crippen LogP contribution in [0.1, 0.15) is 20.8 Å². The highest BCUT2D eigenvalue weighted by Gasteiger charge is 2.20. The second kappa shape index (κ2) is 3.68. The van der Waals surface area contributed by atoms with Gasteiger partial charge in [0.05, 0.1) is 4.99 Å². The molecule has 0 aliphatic rings. The SMILES string of the molecule is CC(C)(C)NS(=O)(=O)CC(N)=S. The molecule has 6 heteroatoms. The van der Waals surface area contributed by atoms with Gasteiger partial charge in [-0.3, -0.25) is 0 Å². The van der Waals surface area contributed by atoms with Gasteiger partial charge in [0.1, 0.15) is 5.75 Å². The van der Waals surface area contributed by atoms with Crippen LogP contribution in [0.2, 0.25) is 0 Å². The Labute approximate surface area is 78.6 Å². The normalized spacial score (nSPS) is 12.9. The number of nitrogens with two attached hydrogens (primary N) is 1. The molecule has 0 heterocycles. The van der Waals surface area contributed by atoms with E-state index in [-0.39, 0.29) is 10.7 Å². The first kappa shape index (κ1) is 11.8. The van der Waals surface area contributed by atoms with E-state index < -0.39 is 15.6 Å². The third-order valence-electron chi connectivity index (χ3n) is 0.794. The minimum Gasteiger partial charge on any atom is -0.392 e. The summed E-state index contributed by atoms with van der Waals surface area (Å²) in [6.07, 6.45) is 0. The molecule has 0 atom stereocenters. The van der Waals surface area contributed by atoms with E-state index in [0.29, 0.717) is 0 Å². The summed E-state index contributed by atoms with van der Waals surface area (Å²) in [6, 6.07) is 0. The molecule has 0 aliphatic heterocycles. The molecule has 72 valence electrons. The Kier molecular flexibility index (Phi) is 3.61. The molecule has 0 aromatic carbocycles. The second-order valence-electron chi connectivity index (χ2n) is 3.58. The quantitative estimate of drug-likeness (QED) is 0.643. The Morgan fingerprint density at radius 3 is 2.17 bits per heavy atom. The molecular formula is C6H14N2O2S2. The standard InChI is InChI=1S/C6H14N2O2S2/c1-6(2,3)8-12(9,10)4-5(7)11/h8H,4H2,1-3H3,(H2,7,11). The number of hydrogen-bond donors (Lipinski definition) is 2. The van der Waals surface area contributed by atoms with Crippen LogP contribution in [0.4, 0.5) is 0 Å². The van der Waals surface area contributed by atoms with Crippen molar-refractivity contribution in [1.82, 2.24) is 4.72 Å². The van der Waals surface area contributed by atoms with Gasteiger partial charge in [-0.15, -0.1) is 0 Å². The van der Waals surface area contributed by atoms with E-state index in [9.17, 15) is 8.42 Å². The molecule has 0 unspecified atom stereocenters. The van der Waals surface area contributed by atoms with E-state index in [1.165, 1.54) is 0 Å². The minimum atomic E-state index is -3.35. The van der Waals surface area contributed by atoms with E-state index >= 15 is 0 Å². The fourth-order valence-electron chi connectivity index (χ4n) is 0.690. The molecule has 3 N–H and O–H groups in total. The maximum Gasteiger partial charge on any atom is 0.218 e. The highest BCUT2D eigenvalue weighted by Crippen LogP contribution is 2.01. The fraction of sp³-hybridized carbons (Fsp3) is 0.833. The molecule has 0 radical (unpaired) electrons. The van der Waals surface area contributed by atoms with Gasteiger partial charge < -0.3 is 5.73 Å². The predicted octanol–water partition coefficient (Wildman–Crippen LogP) is -0.00960. The van der Waals surface area contributed by atoms with Crippen LogP contribution in [0.5, 0.6) is 0 Å². The molecule has 0 spiro atoms. The topological polar surface area (TPSA) is 72.2 Å². The smallest absolute Gasteiger partial charge is 0.218 e. The van der Waals surface area contributed by atoms with Gasteiger partial charge in [-0.1, -0.05) is 12.2 Å². The number of thiocarbonyl (C=S) groups is 1. The van der Waals surface area contributed by atoms with Crippen molar-refractivity contribution in [2.24, 2.45) is 5.73 Å². The zero-order valence-corrected chi connectivity index (χ0v) is 9.05. The van der Waals surface area contributed by atoms with E-state index in [1.807, 2.05) is 0 Å². The van der Waals surface area contributed by atoms with Crippen molar-refractivity contribution in [3.05, 3.63) is 0 Å². The lowest BCUT2D eigenvalue weighted by molar-refractivity contribution is 0.494. The maximum absolute atomic E-state index is 11.2. The average Bonchev–Trinajstić information content (AvgIpc) is 1.48. The summed E-state index contributed by atoms with van der Waals surface area (Å²) in [6.45, 7) is 5.26. The van der Waals surface area contributed by atoms with E-state index in [4.69, 9.17) is 5.73 Å². The van der Waals surface area contributed by atoms with Gasteiger partial charge in [0, 0.05) is 5.54 Å². The second-order valence-corrected chi connectivity index (χ2v) is 5.82. The van der Waals surface area contributed by atoms with Crippen LogP contribution < -0.4 is 10.5 Å². The van der Waals surface area contributed by atoms with Crippen LogP contribution in [0.3, 0.4) is 0 Å². The summed E-state index contributed by atoms with van der Waals surface area (Å²) in [4.78, 5) is -0.0215. The van der Waals surface area contributed by atoms with Crippen molar-refractivity contribution in [2.75, 3.05) is 5.75 Å². The summed E-state index contributed by atoms with van der Waals surface area (Å²) < 4.78 is 24.8. The van der Waals surface area contributed by atoms with Gasteiger partial charge in [0.15, 0.2) is 0 Å². The van der Waals surface area contributed by atoms with E-state index in [1.54, 1.807) is 20.8 Å². The first-order chi connectivity index (χ1) is 5.12. The van der Waals surface area contributed by atoms with Crippen molar-refractivity contribution in [1.29, 1.82) is 0 Å². The van der Waals surface area contributed by atoms with Crippen molar-refractivity contribution in [2.45, 2.75) is 26.3 Å². The Morgan fingerprint density at radius 2 is 1.92 bits per heavy atom. The van der Waals surface area contributed by atoms with Crippen LogP contribution in [-0.4, -0.2) is 24.7 Å². The Hall–Kier alpha value is -0.200. The van der Waals surface area contributed by atoms with E-state index in [2.05, 4.69) is 16.9 Å². The van der Waals surface area contributed by atoms with Crippen LogP contribution in [-0.2, 0) is 10.0 Å². The van der Waals surface area contributed by atoms with Gasteiger partial charge in [-0.2, -0.15) is 0 Å². The largest absolute Gasteiger partial charge is 0.392 e. The third kappa shape index (κ3) is 6.51. The Bertz CT molecular complexity index is 264. The molecule has 0 fully saturated rings. The van der Waals surface area contributed by atoms with Crippen LogP contribution >= 0.6 is 12.2 Å². The van der Waals surface area contributed by atoms with Crippen molar-refractivity contribution >= 4 is 27.2 Å². The van der Waals surface area contributed by atoms with Crippen LogP contribution in [0.15, 0.2) is 0 Å². The molecule has 0 aromatic heterocycles. The average molecular weight is 210 g/mol. The first-order valence-corrected chi connectivity index (χ1v) is 5.48. The van der Waals surface area contributed by atoms with Gasteiger partial charge >= 0.3 is 0 Å². The summed E-state index contributed by atoms with van der Waals surface area (Å²) in [7, 11) is -3.35. The van der Waals surface area contributed by atoms with E-state index in [0.717, 1.165) is 0 Å². The molecule has 0 aromatic rings. The van der Waals surface area contributed by atoms with Crippen LogP contribution in [0, 0.1) is 0 Å². The molecule has 0 saturated carbocycles. The monoisotopic (exact) mass is 210 g/mol. The number of nitrogens with one attached hydrogen (secondary N) is 1. The fourth-order valence-corrected chi connectivity index (χ4v) is 2.54. The van der Waals surface area contributed by atoms with Crippen LogP contribution in [0.25, 0.3) is 0 Å². The molecule has 0 amide bonds. The van der Waals surface area contributed by atoms with Gasteiger partial charge in [-0.05, 0) is 20.8 Å². The molecule has 0 rings (SSSR count). The lowest BCUT2D eigenvalue weighted by Crippen LogP contribution is -2.43. The third-order valence-corrected chi connectivity index (χ3v) is 2.74. The molecule has 0 bridgehead atoms. The maximum atomic E-state index is 11.2. The van der Waals surface area contributed by atoms with Gasteiger partial charge in [-0.25, -0.2) is 13.1 Å². The molecule has 12 heavy (non-hydrogen) atoms. The summed E-state index contributed by atoms with van der Waals surface area (Å²) in [5.74, 6) is -0.292.